The van der Waals surface area contributed by atoms with Gasteiger partial charge in [0.2, 0.25) is 0 Å². The van der Waals surface area contributed by atoms with Crippen molar-refractivity contribution in [2.75, 3.05) is 0 Å². The predicted molar refractivity (Wildman–Crippen MR) is 46.4 cm³/mol. The van der Waals surface area contributed by atoms with Crippen molar-refractivity contribution >= 4 is 0 Å². The summed E-state index contributed by atoms with van der Waals surface area (Å²) in [5, 5.41) is 11.6. The molecule has 0 unspecified atom stereocenters. The first-order valence-corrected chi connectivity index (χ1v) is 3.95. The maximum absolute atomic E-state index is 4.12. The zero-order chi connectivity index (χ0) is 9.10. The first-order chi connectivity index (χ1) is 6.36. The van der Waals surface area contributed by atoms with Gasteiger partial charge in [0, 0.05) is 17.2 Å². The number of hydrogen-bond acceptors (Lipinski definition) is 3. The van der Waals surface area contributed by atoms with Crippen LogP contribution in [0.4, 0.5) is 0 Å². The summed E-state index contributed by atoms with van der Waals surface area (Å²) in [6.07, 6.45) is 7.09. The van der Waals surface area contributed by atoms with Crippen LogP contribution in [0.1, 0.15) is 0 Å². The molecule has 0 amide bonds. The fourth-order valence-electron chi connectivity index (χ4n) is 1.06. The minimum absolute atomic E-state index is 1.03. The summed E-state index contributed by atoms with van der Waals surface area (Å²) in [4.78, 5) is 0. The fourth-order valence-corrected chi connectivity index (χ4v) is 1.06. The van der Waals surface area contributed by atoms with E-state index in [-0.39, 0.29) is 0 Å². The Morgan fingerprint density at radius 2 is 1.92 bits per heavy atom. The molecule has 0 spiro atoms. The summed E-state index contributed by atoms with van der Waals surface area (Å²) in [5.41, 5.74) is 2.08. The first kappa shape index (κ1) is 7.79. The predicted octanol–water partition coefficient (Wildman–Crippen LogP) is 0.363. The lowest BCUT2D eigenvalue weighted by molar-refractivity contribution is -0.730. The second-order valence-corrected chi connectivity index (χ2v) is 2.72. The van der Waals surface area contributed by atoms with Crippen LogP contribution in [0.25, 0.3) is 11.1 Å². The molecular weight excluding hydrogens is 164 g/mol. The molecular formula is C9H9N4+. The van der Waals surface area contributed by atoms with Crippen LogP contribution in [0.5, 0.6) is 0 Å². The van der Waals surface area contributed by atoms with Gasteiger partial charge in [-0.05, 0) is 11.2 Å². The quantitative estimate of drug-likeness (QED) is 0.585. The summed E-state index contributed by atoms with van der Waals surface area (Å²) in [6.45, 7) is 0. The van der Waals surface area contributed by atoms with E-state index in [1.54, 1.807) is 23.3 Å². The van der Waals surface area contributed by atoms with Crippen molar-refractivity contribution < 1.29 is 4.68 Å². The largest absolute Gasteiger partial charge is 0.196 e. The monoisotopic (exact) mass is 173 g/mol. The van der Waals surface area contributed by atoms with Crippen LogP contribution in [0.3, 0.4) is 0 Å². The Bertz CT molecular complexity index is 382. The van der Waals surface area contributed by atoms with E-state index in [1.807, 2.05) is 25.4 Å². The Kier molecular flexibility index (Phi) is 1.96. The number of nitrogens with zero attached hydrogens (tertiary/aromatic N) is 4. The van der Waals surface area contributed by atoms with Gasteiger partial charge in [0.05, 0.1) is 12.4 Å². The van der Waals surface area contributed by atoms with Crippen molar-refractivity contribution in [2.24, 2.45) is 7.05 Å². The molecule has 0 radical (unpaired) electrons. The minimum atomic E-state index is 1.03. The SMILES string of the molecule is C[n+]1ccc(-c2ccnnc2)cn1. The van der Waals surface area contributed by atoms with Gasteiger partial charge in [-0.15, -0.1) is 0 Å². The van der Waals surface area contributed by atoms with Crippen molar-refractivity contribution in [3.8, 4) is 11.1 Å². The summed E-state index contributed by atoms with van der Waals surface area (Å²) in [7, 11) is 1.88. The smallest absolute Gasteiger partial charge is 0.159 e. The molecule has 0 aliphatic heterocycles. The average Bonchev–Trinajstić information content (AvgIpc) is 2.20. The van der Waals surface area contributed by atoms with E-state index in [2.05, 4.69) is 15.3 Å². The zero-order valence-corrected chi connectivity index (χ0v) is 7.25. The van der Waals surface area contributed by atoms with E-state index >= 15 is 0 Å². The molecule has 0 atom stereocenters. The summed E-state index contributed by atoms with van der Waals surface area (Å²) in [5.74, 6) is 0. The molecule has 0 bridgehead atoms. The standard InChI is InChI=1S/C9H9N4/c1-13-5-3-9(7-12-13)8-2-4-10-11-6-8/h2-7H,1H3/q+1. The van der Waals surface area contributed by atoms with Gasteiger partial charge in [-0.2, -0.15) is 10.2 Å². The maximum Gasteiger partial charge on any atom is 0.196 e. The molecule has 0 N–H and O–H groups in total. The maximum atomic E-state index is 4.12. The third kappa shape index (κ3) is 1.66. The molecule has 2 heterocycles. The van der Waals surface area contributed by atoms with Crippen LogP contribution in [-0.2, 0) is 7.05 Å². The van der Waals surface area contributed by atoms with Gasteiger partial charge in [0.15, 0.2) is 13.2 Å². The Balaban J connectivity index is 2.42. The highest BCUT2D eigenvalue weighted by Gasteiger charge is 1.99. The van der Waals surface area contributed by atoms with E-state index in [9.17, 15) is 0 Å². The number of aryl methyl sites for hydroxylation is 1. The summed E-state index contributed by atoms with van der Waals surface area (Å²) in [6, 6.07) is 3.90. The molecule has 0 aliphatic carbocycles. The third-order valence-electron chi connectivity index (χ3n) is 1.77. The van der Waals surface area contributed by atoms with Crippen molar-refractivity contribution in [1.29, 1.82) is 0 Å². The van der Waals surface area contributed by atoms with Crippen molar-refractivity contribution in [3.05, 3.63) is 36.9 Å². The molecule has 2 rings (SSSR count). The molecule has 0 saturated carbocycles. The van der Waals surface area contributed by atoms with Gasteiger partial charge in [-0.3, -0.25) is 0 Å². The van der Waals surface area contributed by atoms with Gasteiger partial charge in [0.25, 0.3) is 0 Å². The van der Waals surface area contributed by atoms with Crippen LogP contribution in [0.15, 0.2) is 36.9 Å². The first-order valence-electron chi connectivity index (χ1n) is 3.95. The summed E-state index contributed by atoms with van der Waals surface area (Å²) < 4.78 is 1.75. The summed E-state index contributed by atoms with van der Waals surface area (Å²) >= 11 is 0. The normalized spacial score (nSPS) is 9.92. The second kappa shape index (κ2) is 3.26. The van der Waals surface area contributed by atoms with Crippen LogP contribution in [-0.4, -0.2) is 15.3 Å². The lowest BCUT2D eigenvalue weighted by Crippen LogP contribution is -2.31. The molecule has 2 aromatic rings. The van der Waals surface area contributed by atoms with Gasteiger partial charge >= 0.3 is 0 Å². The molecule has 13 heavy (non-hydrogen) atoms. The molecule has 0 aromatic carbocycles. The van der Waals surface area contributed by atoms with E-state index in [0.29, 0.717) is 0 Å². The van der Waals surface area contributed by atoms with E-state index in [1.165, 1.54) is 0 Å². The lowest BCUT2D eigenvalue weighted by Gasteiger charge is -1.95. The molecule has 0 aliphatic rings. The van der Waals surface area contributed by atoms with Crippen LogP contribution < -0.4 is 4.68 Å². The van der Waals surface area contributed by atoms with Crippen LogP contribution in [0.2, 0.25) is 0 Å². The van der Waals surface area contributed by atoms with Crippen molar-refractivity contribution in [2.45, 2.75) is 0 Å². The molecule has 2 aromatic heterocycles. The Morgan fingerprint density at radius 3 is 2.54 bits per heavy atom. The van der Waals surface area contributed by atoms with E-state index < -0.39 is 0 Å². The van der Waals surface area contributed by atoms with Crippen LogP contribution in [0, 0.1) is 0 Å². The van der Waals surface area contributed by atoms with Gasteiger partial charge < -0.3 is 0 Å². The third-order valence-corrected chi connectivity index (χ3v) is 1.77. The van der Waals surface area contributed by atoms with Crippen LogP contribution >= 0.6 is 0 Å². The average molecular weight is 173 g/mol. The Morgan fingerprint density at radius 1 is 1.08 bits per heavy atom. The molecule has 4 heteroatoms. The molecule has 0 saturated heterocycles. The number of hydrogen-bond donors (Lipinski definition) is 0. The highest BCUT2D eigenvalue weighted by molar-refractivity contribution is 5.59. The highest BCUT2D eigenvalue weighted by Crippen LogP contribution is 2.13. The second-order valence-electron chi connectivity index (χ2n) is 2.72. The number of rotatable bonds is 1. The molecule has 0 fully saturated rings. The number of aromatic nitrogens is 4. The Hall–Kier alpha value is -1.84. The Labute approximate surface area is 75.9 Å². The van der Waals surface area contributed by atoms with Gasteiger partial charge in [0.1, 0.15) is 6.20 Å². The van der Waals surface area contributed by atoms with Gasteiger partial charge in [-0.1, -0.05) is 4.68 Å². The van der Waals surface area contributed by atoms with Gasteiger partial charge in [-0.25, -0.2) is 0 Å². The van der Waals surface area contributed by atoms with E-state index in [4.69, 9.17) is 0 Å². The topological polar surface area (TPSA) is 42.5 Å². The van der Waals surface area contributed by atoms with Crippen molar-refractivity contribution in [3.63, 3.8) is 0 Å². The fraction of sp³-hybridized carbons (Fsp3) is 0.111. The zero-order valence-electron chi connectivity index (χ0n) is 7.25. The lowest BCUT2D eigenvalue weighted by atomic mass is 10.1. The molecule has 64 valence electrons. The van der Waals surface area contributed by atoms with E-state index in [0.717, 1.165) is 11.1 Å². The molecule has 4 nitrogen and oxygen atoms in total. The minimum Gasteiger partial charge on any atom is -0.159 e. The van der Waals surface area contributed by atoms with Crippen molar-refractivity contribution in [1.82, 2.24) is 15.3 Å². The highest BCUT2D eigenvalue weighted by atomic mass is 15.2.